The van der Waals surface area contributed by atoms with Crippen LogP contribution in [0.5, 0.6) is 0 Å². The number of aryl methyl sites for hydroxylation is 1. The van der Waals surface area contributed by atoms with Gasteiger partial charge in [0.1, 0.15) is 11.9 Å². The van der Waals surface area contributed by atoms with Crippen LogP contribution < -0.4 is 10.6 Å². The molecule has 0 aliphatic rings. The lowest BCUT2D eigenvalue weighted by molar-refractivity contribution is -0.119. The molecule has 0 aliphatic heterocycles. The van der Waals surface area contributed by atoms with E-state index in [2.05, 4.69) is 10.6 Å². The number of nitrogens with one attached hydrogen (secondary N) is 2. The van der Waals surface area contributed by atoms with Crippen molar-refractivity contribution in [3.63, 3.8) is 0 Å². The van der Waals surface area contributed by atoms with Crippen molar-refractivity contribution < 1.29 is 23.9 Å². The van der Waals surface area contributed by atoms with Gasteiger partial charge >= 0.3 is 6.09 Å². The molecule has 1 atom stereocenters. The minimum Gasteiger partial charge on any atom is -0.465 e. The summed E-state index contributed by atoms with van der Waals surface area (Å²) in [5.41, 5.74) is 0.974. The van der Waals surface area contributed by atoms with Crippen molar-refractivity contribution in [2.75, 3.05) is 5.32 Å². The van der Waals surface area contributed by atoms with Crippen molar-refractivity contribution in [1.29, 1.82) is 0 Å². The van der Waals surface area contributed by atoms with Gasteiger partial charge in [-0.3, -0.25) is 9.59 Å². The second-order valence-electron chi connectivity index (χ2n) is 6.52. The van der Waals surface area contributed by atoms with Crippen molar-refractivity contribution in [2.45, 2.75) is 26.8 Å². The number of carbonyl (C=O) groups is 3. The number of halogens is 1. The van der Waals surface area contributed by atoms with Crippen molar-refractivity contribution >= 4 is 23.5 Å². The molecular weight excluding hydrogens is 351 g/mol. The highest BCUT2D eigenvalue weighted by molar-refractivity contribution is 6.14. The van der Waals surface area contributed by atoms with Gasteiger partial charge in [0.05, 0.1) is 11.3 Å². The Labute approximate surface area is 156 Å². The number of carbonyl (C=O) groups excluding carboxylic acids is 2. The van der Waals surface area contributed by atoms with Crippen LogP contribution in [-0.2, 0) is 4.79 Å². The van der Waals surface area contributed by atoms with Crippen LogP contribution in [0.1, 0.15) is 35.3 Å². The molecule has 2 amide bonds. The molecule has 2 aromatic carbocycles. The number of amides is 2. The number of anilines is 1. The van der Waals surface area contributed by atoms with E-state index in [0.29, 0.717) is 0 Å². The smallest absolute Gasteiger partial charge is 0.405 e. The third kappa shape index (κ3) is 4.91. The van der Waals surface area contributed by atoms with Gasteiger partial charge < -0.3 is 15.7 Å². The molecule has 3 N–H and O–H groups in total. The molecule has 27 heavy (non-hydrogen) atoms. The SMILES string of the molecule is Cc1ccc(NC(=O)C(NC(=O)O)C(C)C)c(C(=O)c2ccccc2F)c1. The van der Waals surface area contributed by atoms with Gasteiger partial charge in [0.25, 0.3) is 0 Å². The average Bonchev–Trinajstić information content (AvgIpc) is 2.60. The lowest BCUT2D eigenvalue weighted by Gasteiger charge is -2.21. The lowest BCUT2D eigenvalue weighted by Crippen LogP contribution is -2.46. The van der Waals surface area contributed by atoms with Gasteiger partial charge in [-0.1, -0.05) is 37.6 Å². The summed E-state index contributed by atoms with van der Waals surface area (Å²) < 4.78 is 14.0. The molecule has 2 rings (SSSR count). The van der Waals surface area contributed by atoms with E-state index in [0.717, 1.165) is 5.56 Å². The van der Waals surface area contributed by atoms with Crippen LogP contribution in [0.4, 0.5) is 14.9 Å². The number of hydrogen-bond acceptors (Lipinski definition) is 3. The molecule has 0 heterocycles. The lowest BCUT2D eigenvalue weighted by atomic mass is 9.98. The van der Waals surface area contributed by atoms with Gasteiger partial charge in [-0.05, 0) is 37.1 Å². The number of rotatable bonds is 6. The molecule has 0 aromatic heterocycles. The zero-order valence-electron chi connectivity index (χ0n) is 15.2. The Morgan fingerprint density at radius 3 is 2.30 bits per heavy atom. The maximum Gasteiger partial charge on any atom is 0.405 e. The molecule has 2 aromatic rings. The predicted octanol–water partition coefficient (Wildman–Crippen LogP) is 3.60. The molecule has 0 saturated carbocycles. The Hall–Kier alpha value is -3.22. The summed E-state index contributed by atoms with van der Waals surface area (Å²) in [6.07, 6.45) is -1.32. The minimum atomic E-state index is -1.32. The summed E-state index contributed by atoms with van der Waals surface area (Å²) >= 11 is 0. The molecule has 6 nitrogen and oxygen atoms in total. The zero-order chi connectivity index (χ0) is 20.1. The Balaban J connectivity index is 2.38. The predicted molar refractivity (Wildman–Crippen MR) is 99.4 cm³/mol. The van der Waals surface area contributed by atoms with E-state index < -0.39 is 29.6 Å². The molecule has 142 valence electrons. The van der Waals surface area contributed by atoms with E-state index >= 15 is 0 Å². The van der Waals surface area contributed by atoms with E-state index in [1.165, 1.54) is 18.2 Å². The van der Waals surface area contributed by atoms with Gasteiger partial charge in [0, 0.05) is 5.56 Å². The molecule has 0 saturated heterocycles. The summed E-state index contributed by atoms with van der Waals surface area (Å²) in [4.78, 5) is 36.3. The van der Waals surface area contributed by atoms with Gasteiger partial charge in [-0.15, -0.1) is 0 Å². The first-order valence-corrected chi connectivity index (χ1v) is 8.41. The second kappa shape index (κ2) is 8.44. The summed E-state index contributed by atoms with van der Waals surface area (Å²) in [5.74, 6) is -2.13. The Bertz CT molecular complexity index is 880. The number of ketones is 1. The molecule has 0 spiro atoms. The number of hydrogen-bond donors (Lipinski definition) is 3. The average molecular weight is 372 g/mol. The standard InChI is InChI=1S/C20H21FN2O4/c1-11(2)17(23-20(26)27)19(25)22-16-9-8-12(3)10-14(16)18(24)13-6-4-5-7-15(13)21/h4-11,17,23H,1-3H3,(H,22,25)(H,26,27). The van der Waals surface area contributed by atoms with E-state index in [1.54, 1.807) is 45.0 Å². The fraction of sp³-hybridized carbons (Fsp3) is 0.250. The third-order valence-electron chi connectivity index (χ3n) is 4.02. The normalized spacial score (nSPS) is 11.7. The van der Waals surface area contributed by atoms with Gasteiger partial charge in [0.2, 0.25) is 5.91 Å². The largest absolute Gasteiger partial charge is 0.465 e. The minimum absolute atomic E-state index is 0.109. The first-order valence-electron chi connectivity index (χ1n) is 8.41. The Morgan fingerprint density at radius 2 is 1.70 bits per heavy atom. The quantitative estimate of drug-likeness (QED) is 0.675. The molecule has 1 unspecified atom stereocenters. The van der Waals surface area contributed by atoms with Gasteiger partial charge in [0.15, 0.2) is 5.78 Å². The van der Waals surface area contributed by atoms with Crippen LogP contribution >= 0.6 is 0 Å². The fourth-order valence-corrected chi connectivity index (χ4v) is 2.62. The highest BCUT2D eigenvalue weighted by atomic mass is 19.1. The van der Waals surface area contributed by atoms with Crippen LogP contribution in [0.2, 0.25) is 0 Å². The molecule has 0 radical (unpaired) electrons. The van der Waals surface area contributed by atoms with Crippen molar-refractivity contribution in [2.24, 2.45) is 5.92 Å². The highest BCUT2D eigenvalue weighted by Crippen LogP contribution is 2.23. The third-order valence-corrected chi connectivity index (χ3v) is 4.02. The molecule has 0 aliphatic carbocycles. The molecule has 0 bridgehead atoms. The molecular formula is C20H21FN2O4. The maximum absolute atomic E-state index is 14.0. The maximum atomic E-state index is 14.0. The van der Waals surface area contributed by atoms with Crippen LogP contribution in [0.3, 0.4) is 0 Å². The topological polar surface area (TPSA) is 95.5 Å². The number of benzene rings is 2. The zero-order valence-corrected chi connectivity index (χ0v) is 15.2. The van der Waals surface area contributed by atoms with Crippen molar-refractivity contribution in [1.82, 2.24) is 5.32 Å². The fourth-order valence-electron chi connectivity index (χ4n) is 2.62. The number of carboxylic acid groups (broad SMARTS) is 1. The van der Waals surface area contributed by atoms with Crippen molar-refractivity contribution in [3.05, 3.63) is 65.0 Å². The Morgan fingerprint density at radius 1 is 1.04 bits per heavy atom. The summed E-state index contributed by atoms with van der Waals surface area (Å²) in [6.45, 7) is 5.16. The molecule has 7 heteroatoms. The summed E-state index contributed by atoms with van der Waals surface area (Å²) in [6, 6.07) is 9.38. The summed E-state index contributed by atoms with van der Waals surface area (Å²) in [5, 5.41) is 13.7. The highest BCUT2D eigenvalue weighted by Gasteiger charge is 2.26. The van der Waals surface area contributed by atoms with Crippen molar-refractivity contribution in [3.8, 4) is 0 Å². The first-order chi connectivity index (χ1) is 12.7. The Kier molecular flexibility index (Phi) is 6.28. The van der Waals surface area contributed by atoms with Crippen LogP contribution in [0, 0.1) is 18.7 Å². The second-order valence-corrected chi connectivity index (χ2v) is 6.52. The molecule has 0 fully saturated rings. The van der Waals surface area contributed by atoms with Crippen LogP contribution in [0.25, 0.3) is 0 Å². The van der Waals surface area contributed by atoms with Crippen LogP contribution in [0.15, 0.2) is 42.5 Å². The van der Waals surface area contributed by atoms with E-state index in [1.807, 2.05) is 0 Å². The van der Waals surface area contributed by atoms with E-state index in [-0.39, 0.29) is 22.7 Å². The van der Waals surface area contributed by atoms with Crippen LogP contribution in [-0.4, -0.2) is 28.9 Å². The van der Waals surface area contributed by atoms with E-state index in [4.69, 9.17) is 5.11 Å². The monoisotopic (exact) mass is 372 g/mol. The van der Waals surface area contributed by atoms with E-state index in [9.17, 15) is 18.8 Å². The van der Waals surface area contributed by atoms with Gasteiger partial charge in [-0.2, -0.15) is 0 Å². The van der Waals surface area contributed by atoms with Gasteiger partial charge in [-0.25, -0.2) is 9.18 Å². The summed E-state index contributed by atoms with van der Waals surface area (Å²) in [7, 11) is 0. The first kappa shape index (κ1) is 20.1.